The summed E-state index contributed by atoms with van der Waals surface area (Å²) >= 11 is 6.15. The summed E-state index contributed by atoms with van der Waals surface area (Å²) in [5.41, 5.74) is 3.52. The van der Waals surface area contributed by atoms with Gasteiger partial charge in [-0.25, -0.2) is 0 Å². The third kappa shape index (κ3) is 2.86. The van der Waals surface area contributed by atoms with E-state index in [9.17, 15) is 0 Å². The zero-order chi connectivity index (χ0) is 13.0. The zero-order valence-corrected chi connectivity index (χ0v) is 11.3. The van der Waals surface area contributed by atoms with Crippen molar-refractivity contribution in [3.8, 4) is 0 Å². The van der Waals surface area contributed by atoms with Crippen LogP contribution in [-0.2, 0) is 6.42 Å². The van der Waals surface area contributed by atoms with Crippen LogP contribution < -0.4 is 5.32 Å². The lowest BCUT2D eigenvalue weighted by molar-refractivity contribution is 0.586. The molecule has 0 aliphatic rings. The van der Waals surface area contributed by atoms with Crippen LogP contribution >= 0.6 is 11.6 Å². The average molecular weight is 262 g/mol. The van der Waals surface area contributed by atoms with Gasteiger partial charge in [0.1, 0.15) is 0 Å². The molecule has 0 aliphatic heterocycles. The van der Waals surface area contributed by atoms with Crippen molar-refractivity contribution in [2.75, 3.05) is 7.05 Å². The highest BCUT2D eigenvalue weighted by Gasteiger charge is 2.14. The molecule has 2 aromatic heterocycles. The molecule has 0 spiro atoms. The summed E-state index contributed by atoms with van der Waals surface area (Å²) in [6.07, 6.45) is 7.99. The molecular formula is C14H16ClN3. The minimum absolute atomic E-state index is 0.207. The maximum absolute atomic E-state index is 6.15. The van der Waals surface area contributed by atoms with Crippen LogP contribution in [0, 0.1) is 6.92 Å². The summed E-state index contributed by atoms with van der Waals surface area (Å²) < 4.78 is 0. The van der Waals surface area contributed by atoms with E-state index in [1.54, 1.807) is 12.4 Å². The molecule has 1 unspecified atom stereocenters. The molecule has 0 saturated carbocycles. The van der Waals surface area contributed by atoms with Gasteiger partial charge >= 0.3 is 0 Å². The second-order valence-electron chi connectivity index (χ2n) is 4.24. The molecule has 4 heteroatoms. The van der Waals surface area contributed by atoms with Gasteiger partial charge in [-0.2, -0.15) is 0 Å². The van der Waals surface area contributed by atoms with Gasteiger partial charge in [0.05, 0.1) is 5.02 Å². The van der Waals surface area contributed by atoms with Crippen LogP contribution in [0.2, 0.25) is 5.02 Å². The Bertz CT molecular complexity index is 528. The number of aromatic nitrogens is 2. The monoisotopic (exact) mass is 261 g/mol. The number of pyridine rings is 2. The summed E-state index contributed by atoms with van der Waals surface area (Å²) in [4.78, 5) is 8.20. The molecule has 0 aliphatic carbocycles. The fourth-order valence-corrected chi connectivity index (χ4v) is 2.19. The van der Waals surface area contributed by atoms with Gasteiger partial charge in [0.25, 0.3) is 0 Å². The first kappa shape index (κ1) is 13.0. The molecule has 0 aromatic carbocycles. The van der Waals surface area contributed by atoms with Gasteiger partial charge in [-0.3, -0.25) is 9.97 Å². The Balaban J connectivity index is 2.26. The van der Waals surface area contributed by atoms with Crippen molar-refractivity contribution in [3.63, 3.8) is 0 Å². The first-order chi connectivity index (χ1) is 8.72. The molecule has 1 N–H and O–H groups in total. The number of rotatable bonds is 4. The summed E-state index contributed by atoms with van der Waals surface area (Å²) in [7, 11) is 1.95. The minimum Gasteiger partial charge on any atom is -0.313 e. The number of hydrogen-bond donors (Lipinski definition) is 1. The van der Waals surface area contributed by atoms with E-state index < -0.39 is 0 Å². The normalized spacial score (nSPS) is 12.4. The molecular weight excluding hydrogens is 246 g/mol. The largest absolute Gasteiger partial charge is 0.313 e. The summed E-state index contributed by atoms with van der Waals surface area (Å²) in [5.74, 6) is 0. The Labute approximate surface area is 112 Å². The van der Waals surface area contributed by atoms with Gasteiger partial charge in [-0.05, 0) is 49.2 Å². The zero-order valence-electron chi connectivity index (χ0n) is 10.5. The predicted octanol–water partition coefficient (Wildman–Crippen LogP) is 2.94. The van der Waals surface area contributed by atoms with Gasteiger partial charge in [0.15, 0.2) is 0 Å². The lowest BCUT2D eigenvalue weighted by atomic mass is 9.98. The maximum Gasteiger partial charge on any atom is 0.0622 e. The first-order valence-electron chi connectivity index (χ1n) is 5.88. The van der Waals surface area contributed by atoms with Crippen molar-refractivity contribution < 1.29 is 0 Å². The number of nitrogens with zero attached hydrogens (tertiary/aromatic N) is 2. The number of hydrogen-bond acceptors (Lipinski definition) is 3. The maximum atomic E-state index is 6.15. The SMILES string of the molecule is CNC(Cc1ccncc1Cl)c1cnccc1C. The van der Waals surface area contributed by atoms with Crippen molar-refractivity contribution >= 4 is 11.6 Å². The highest BCUT2D eigenvalue weighted by molar-refractivity contribution is 6.31. The smallest absolute Gasteiger partial charge is 0.0622 e. The highest BCUT2D eigenvalue weighted by Crippen LogP contribution is 2.23. The van der Waals surface area contributed by atoms with Gasteiger partial charge in [0.2, 0.25) is 0 Å². The fraction of sp³-hybridized carbons (Fsp3) is 0.286. The second-order valence-corrected chi connectivity index (χ2v) is 4.65. The van der Waals surface area contributed by atoms with E-state index in [1.807, 2.05) is 31.6 Å². The standard InChI is InChI=1S/C14H16ClN3/c1-10-3-5-17-8-12(10)14(16-2)7-11-4-6-18-9-13(11)15/h3-6,8-9,14,16H,7H2,1-2H3. The van der Waals surface area contributed by atoms with Crippen LogP contribution in [0.5, 0.6) is 0 Å². The molecule has 2 rings (SSSR count). The van der Waals surface area contributed by atoms with Crippen molar-refractivity contribution in [2.45, 2.75) is 19.4 Å². The number of likely N-dealkylation sites (N-methyl/N-ethyl adjacent to an activating group) is 1. The van der Waals surface area contributed by atoms with E-state index in [0.717, 1.165) is 12.0 Å². The number of aryl methyl sites for hydroxylation is 1. The van der Waals surface area contributed by atoms with Crippen molar-refractivity contribution in [1.82, 2.24) is 15.3 Å². The number of halogens is 1. The van der Waals surface area contributed by atoms with Crippen molar-refractivity contribution in [3.05, 3.63) is 58.6 Å². The predicted molar refractivity (Wildman–Crippen MR) is 73.7 cm³/mol. The number of nitrogens with one attached hydrogen (secondary N) is 1. The molecule has 0 radical (unpaired) electrons. The summed E-state index contributed by atoms with van der Waals surface area (Å²) in [6, 6.07) is 4.19. The molecule has 0 saturated heterocycles. The van der Waals surface area contributed by atoms with Crippen LogP contribution in [0.3, 0.4) is 0 Å². The summed E-state index contributed by atoms with van der Waals surface area (Å²) in [6.45, 7) is 2.09. The topological polar surface area (TPSA) is 37.8 Å². The molecule has 2 heterocycles. The quantitative estimate of drug-likeness (QED) is 0.920. The van der Waals surface area contributed by atoms with Crippen LogP contribution in [0.1, 0.15) is 22.7 Å². The highest BCUT2D eigenvalue weighted by atomic mass is 35.5. The van der Waals surface area contributed by atoms with E-state index in [0.29, 0.717) is 5.02 Å². The Morgan fingerprint density at radius 1 is 1.22 bits per heavy atom. The molecule has 0 fully saturated rings. The second kappa shape index (κ2) is 5.94. The molecule has 1 atom stereocenters. The van der Waals surface area contributed by atoms with E-state index in [4.69, 9.17) is 11.6 Å². The van der Waals surface area contributed by atoms with Gasteiger partial charge in [-0.15, -0.1) is 0 Å². The Morgan fingerprint density at radius 3 is 2.61 bits per heavy atom. The molecule has 2 aromatic rings. The van der Waals surface area contributed by atoms with E-state index in [1.165, 1.54) is 11.1 Å². The van der Waals surface area contributed by atoms with Crippen LogP contribution in [0.15, 0.2) is 36.9 Å². The van der Waals surface area contributed by atoms with Crippen molar-refractivity contribution in [1.29, 1.82) is 0 Å². The van der Waals surface area contributed by atoms with E-state index >= 15 is 0 Å². The lowest BCUT2D eigenvalue weighted by Crippen LogP contribution is -2.20. The van der Waals surface area contributed by atoms with Crippen molar-refractivity contribution in [2.24, 2.45) is 0 Å². The molecule has 94 valence electrons. The van der Waals surface area contributed by atoms with Gasteiger partial charge in [-0.1, -0.05) is 11.6 Å². The first-order valence-corrected chi connectivity index (χ1v) is 6.26. The van der Waals surface area contributed by atoms with E-state index in [-0.39, 0.29) is 6.04 Å². The summed E-state index contributed by atoms with van der Waals surface area (Å²) in [5, 5.41) is 4.02. The van der Waals surface area contributed by atoms with Gasteiger partial charge in [0, 0.05) is 30.8 Å². The fourth-order valence-electron chi connectivity index (χ4n) is 2.00. The lowest BCUT2D eigenvalue weighted by Gasteiger charge is -2.18. The van der Waals surface area contributed by atoms with E-state index in [2.05, 4.69) is 22.2 Å². The Morgan fingerprint density at radius 2 is 1.94 bits per heavy atom. The molecule has 18 heavy (non-hydrogen) atoms. The molecule has 3 nitrogen and oxygen atoms in total. The Kier molecular flexibility index (Phi) is 4.28. The Hall–Kier alpha value is -1.45. The average Bonchev–Trinajstić information content (AvgIpc) is 2.39. The third-order valence-electron chi connectivity index (χ3n) is 3.08. The van der Waals surface area contributed by atoms with Crippen LogP contribution in [-0.4, -0.2) is 17.0 Å². The molecule has 0 bridgehead atoms. The van der Waals surface area contributed by atoms with Gasteiger partial charge < -0.3 is 5.32 Å². The molecule has 0 amide bonds. The van der Waals surface area contributed by atoms with Crippen LogP contribution in [0.25, 0.3) is 0 Å². The third-order valence-corrected chi connectivity index (χ3v) is 3.42. The van der Waals surface area contributed by atoms with Crippen LogP contribution in [0.4, 0.5) is 0 Å². The minimum atomic E-state index is 0.207.